The molecule has 0 rings (SSSR count). The molecule has 0 aliphatic carbocycles. The molecule has 0 atom stereocenters. The molecule has 0 saturated carbocycles. The van der Waals surface area contributed by atoms with Gasteiger partial charge in [0.2, 0.25) is 0 Å². The van der Waals surface area contributed by atoms with Gasteiger partial charge in [0.15, 0.2) is 0 Å². The summed E-state index contributed by atoms with van der Waals surface area (Å²) in [6.45, 7) is 11.7. The zero-order chi connectivity index (χ0) is 13.0. The van der Waals surface area contributed by atoms with Gasteiger partial charge in [-0.1, -0.05) is 0 Å². The molecule has 0 unspecified atom stereocenters. The zero-order valence-electron chi connectivity index (χ0n) is 11.1. The third-order valence-electron chi connectivity index (χ3n) is 1.87. The largest absolute Gasteiger partial charge is 0.444 e. The zero-order valence-corrected chi connectivity index (χ0v) is 11.1. The summed E-state index contributed by atoms with van der Waals surface area (Å²) >= 11 is 0. The van der Waals surface area contributed by atoms with E-state index in [4.69, 9.17) is 10.00 Å². The van der Waals surface area contributed by atoms with Gasteiger partial charge in [0.1, 0.15) is 5.60 Å². The Morgan fingerprint density at radius 2 is 1.75 bits per heavy atom. The van der Waals surface area contributed by atoms with Crippen LogP contribution in [-0.4, -0.2) is 28.7 Å². The van der Waals surface area contributed by atoms with Gasteiger partial charge in [0.05, 0.1) is 12.5 Å². The first-order valence-electron chi connectivity index (χ1n) is 5.45. The van der Waals surface area contributed by atoms with Gasteiger partial charge in [-0.15, -0.1) is 0 Å². The van der Waals surface area contributed by atoms with Gasteiger partial charge in [-0.05, 0) is 41.5 Å². The topological polar surface area (TPSA) is 53.3 Å². The summed E-state index contributed by atoms with van der Waals surface area (Å²) in [4.78, 5) is 13.5. The summed E-state index contributed by atoms with van der Waals surface area (Å²) in [6, 6.07) is 2.04. The van der Waals surface area contributed by atoms with Gasteiger partial charge in [0, 0.05) is 12.1 Å². The van der Waals surface area contributed by atoms with Crippen LogP contribution in [0.3, 0.4) is 0 Å². The molecule has 0 aliphatic heterocycles. The van der Waals surface area contributed by atoms with Gasteiger partial charge >= 0.3 is 6.09 Å². The predicted octanol–water partition coefficient (Wildman–Crippen LogP) is 2.94. The minimum atomic E-state index is -0.507. The summed E-state index contributed by atoms with van der Waals surface area (Å²) < 4.78 is 5.30. The minimum Gasteiger partial charge on any atom is -0.444 e. The van der Waals surface area contributed by atoms with E-state index in [2.05, 4.69) is 0 Å². The Morgan fingerprint density at radius 1 is 1.25 bits per heavy atom. The van der Waals surface area contributed by atoms with Crippen LogP contribution in [0.15, 0.2) is 0 Å². The summed E-state index contributed by atoms with van der Waals surface area (Å²) in [5.74, 6) is 0. The van der Waals surface area contributed by atoms with E-state index < -0.39 is 5.60 Å². The van der Waals surface area contributed by atoms with Gasteiger partial charge in [-0.25, -0.2) is 4.79 Å². The van der Waals surface area contributed by atoms with Crippen LogP contribution >= 0.6 is 0 Å². The van der Waals surface area contributed by atoms with Crippen molar-refractivity contribution in [3.8, 4) is 6.07 Å². The monoisotopic (exact) mass is 226 g/mol. The molecular weight excluding hydrogens is 204 g/mol. The molecule has 4 heteroatoms. The highest BCUT2D eigenvalue weighted by Gasteiger charge is 2.29. The Balaban J connectivity index is 4.66. The number of ether oxygens (including phenoxy) is 1. The Bertz CT molecular complexity index is 279. The molecule has 0 aromatic carbocycles. The minimum absolute atomic E-state index is 0.316. The quantitative estimate of drug-likeness (QED) is 0.727. The van der Waals surface area contributed by atoms with E-state index in [1.807, 2.05) is 47.6 Å². The number of hydrogen-bond donors (Lipinski definition) is 0. The van der Waals surface area contributed by atoms with Gasteiger partial charge in [0.25, 0.3) is 0 Å². The average Bonchev–Trinajstić information content (AvgIpc) is 1.98. The molecule has 0 heterocycles. The Labute approximate surface area is 98.2 Å². The van der Waals surface area contributed by atoms with E-state index in [0.29, 0.717) is 13.0 Å². The molecule has 0 N–H and O–H groups in total. The number of amides is 1. The van der Waals surface area contributed by atoms with Crippen LogP contribution in [0.1, 0.15) is 48.0 Å². The van der Waals surface area contributed by atoms with E-state index in [1.54, 1.807) is 4.90 Å². The van der Waals surface area contributed by atoms with Crippen LogP contribution in [0.25, 0.3) is 0 Å². The van der Waals surface area contributed by atoms with Crippen molar-refractivity contribution in [2.45, 2.75) is 59.1 Å². The van der Waals surface area contributed by atoms with Crippen LogP contribution in [0, 0.1) is 11.3 Å². The van der Waals surface area contributed by atoms with Crippen molar-refractivity contribution >= 4 is 6.09 Å². The highest BCUT2D eigenvalue weighted by Crippen LogP contribution is 2.18. The summed E-state index contributed by atoms with van der Waals surface area (Å²) in [6.07, 6.45) is -0.0495. The smallest absolute Gasteiger partial charge is 0.410 e. The first kappa shape index (κ1) is 14.8. The molecule has 0 aliphatic rings. The van der Waals surface area contributed by atoms with Crippen molar-refractivity contribution in [3.63, 3.8) is 0 Å². The van der Waals surface area contributed by atoms with Gasteiger partial charge in [-0.3, -0.25) is 0 Å². The van der Waals surface area contributed by atoms with E-state index in [9.17, 15) is 4.79 Å². The fourth-order valence-corrected chi connectivity index (χ4v) is 1.18. The maximum absolute atomic E-state index is 11.9. The van der Waals surface area contributed by atoms with Crippen LogP contribution in [0.5, 0.6) is 0 Å². The predicted molar refractivity (Wildman–Crippen MR) is 62.9 cm³/mol. The number of nitriles is 1. The maximum Gasteiger partial charge on any atom is 0.410 e. The lowest BCUT2D eigenvalue weighted by Crippen LogP contribution is -2.48. The van der Waals surface area contributed by atoms with E-state index in [0.717, 1.165) is 0 Å². The second kappa shape index (κ2) is 5.20. The van der Waals surface area contributed by atoms with Crippen molar-refractivity contribution in [3.05, 3.63) is 0 Å². The fraction of sp³-hybridized carbons (Fsp3) is 0.833. The van der Waals surface area contributed by atoms with Crippen molar-refractivity contribution in [1.29, 1.82) is 5.26 Å². The van der Waals surface area contributed by atoms with Crippen molar-refractivity contribution in [1.82, 2.24) is 4.90 Å². The molecular formula is C12H22N2O2. The van der Waals surface area contributed by atoms with E-state index in [1.165, 1.54) is 0 Å². The first-order valence-corrected chi connectivity index (χ1v) is 5.45. The molecule has 0 fully saturated rings. The lowest BCUT2D eigenvalue weighted by atomic mass is 10.1. The molecule has 0 saturated heterocycles. The third-order valence-corrected chi connectivity index (χ3v) is 1.87. The second-order valence-corrected chi connectivity index (χ2v) is 5.71. The first-order chi connectivity index (χ1) is 7.08. The summed E-state index contributed by atoms with van der Waals surface area (Å²) in [5, 5.41) is 8.57. The van der Waals surface area contributed by atoms with Gasteiger partial charge < -0.3 is 9.64 Å². The fourth-order valence-electron chi connectivity index (χ4n) is 1.18. The number of rotatable bonds is 2. The molecule has 1 amide bonds. The van der Waals surface area contributed by atoms with E-state index in [-0.39, 0.29) is 11.6 Å². The SMILES string of the molecule is CC(C)(C)OC(=O)N(CCC#N)C(C)(C)C. The van der Waals surface area contributed by atoms with Crippen molar-refractivity contribution in [2.75, 3.05) is 6.54 Å². The number of hydrogen-bond acceptors (Lipinski definition) is 3. The molecule has 16 heavy (non-hydrogen) atoms. The number of carbonyl (C=O) groups excluding carboxylic acids is 1. The van der Waals surface area contributed by atoms with Gasteiger partial charge in [-0.2, -0.15) is 5.26 Å². The van der Waals surface area contributed by atoms with Crippen molar-refractivity contribution in [2.24, 2.45) is 0 Å². The highest BCUT2D eigenvalue weighted by molar-refractivity contribution is 5.69. The molecule has 4 nitrogen and oxygen atoms in total. The van der Waals surface area contributed by atoms with Crippen LogP contribution in [-0.2, 0) is 4.74 Å². The Morgan fingerprint density at radius 3 is 2.06 bits per heavy atom. The third kappa shape index (κ3) is 5.59. The highest BCUT2D eigenvalue weighted by atomic mass is 16.6. The maximum atomic E-state index is 11.9. The van der Waals surface area contributed by atoms with Crippen LogP contribution < -0.4 is 0 Å². The summed E-state index contributed by atoms with van der Waals surface area (Å²) in [5.41, 5.74) is -0.841. The standard InChI is InChI=1S/C12H22N2O2/c1-11(2,3)14(9-7-8-13)10(15)16-12(4,5)6/h7,9H2,1-6H3. The number of carbonyl (C=O) groups is 1. The average molecular weight is 226 g/mol. The molecule has 0 aromatic rings. The van der Waals surface area contributed by atoms with Crippen LogP contribution in [0.4, 0.5) is 4.79 Å². The van der Waals surface area contributed by atoms with E-state index >= 15 is 0 Å². The molecule has 92 valence electrons. The lowest BCUT2D eigenvalue weighted by Gasteiger charge is -2.36. The molecule has 0 bridgehead atoms. The molecule has 0 aromatic heterocycles. The second-order valence-electron chi connectivity index (χ2n) is 5.71. The lowest BCUT2D eigenvalue weighted by molar-refractivity contribution is 0.00694. The Kier molecular flexibility index (Phi) is 4.80. The Hall–Kier alpha value is -1.24. The van der Waals surface area contributed by atoms with Crippen molar-refractivity contribution < 1.29 is 9.53 Å². The summed E-state index contributed by atoms with van der Waals surface area (Å²) in [7, 11) is 0. The normalized spacial score (nSPS) is 11.8. The van der Waals surface area contributed by atoms with Crippen LogP contribution in [0.2, 0.25) is 0 Å². The molecule has 0 radical (unpaired) electrons. The molecule has 0 spiro atoms. The number of nitrogens with zero attached hydrogens (tertiary/aromatic N) is 2.